The number of amides is 1. The van der Waals surface area contributed by atoms with Gasteiger partial charge in [-0.1, -0.05) is 6.92 Å². The average Bonchev–Trinajstić information content (AvgIpc) is 2.91. The highest BCUT2D eigenvalue weighted by Gasteiger charge is 2.24. The van der Waals surface area contributed by atoms with Crippen molar-refractivity contribution in [3.8, 4) is 0 Å². The van der Waals surface area contributed by atoms with Gasteiger partial charge in [-0.2, -0.15) is 9.97 Å². The quantitative estimate of drug-likeness (QED) is 0.289. The number of carbonyl (C=O) groups is 3. The molecule has 208 valence electrons. The van der Waals surface area contributed by atoms with Crippen LogP contribution in [0.5, 0.6) is 0 Å². The van der Waals surface area contributed by atoms with Crippen molar-refractivity contribution >= 4 is 46.3 Å². The van der Waals surface area contributed by atoms with E-state index in [0.717, 1.165) is 16.8 Å². The zero-order chi connectivity index (χ0) is 28.5. The second-order valence-corrected chi connectivity index (χ2v) is 8.81. The molecule has 2 aromatic heterocycles. The normalized spacial score (nSPS) is 11.6. The van der Waals surface area contributed by atoms with Crippen LogP contribution in [0.3, 0.4) is 0 Å². The first-order valence-electron chi connectivity index (χ1n) is 12.8. The Bertz CT molecular complexity index is 1330. The molecule has 12 heteroatoms. The Morgan fingerprint density at radius 2 is 1.72 bits per heavy atom. The molecule has 0 aliphatic rings. The Balaban J connectivity index is 1.72. The zero-order valence-electron chi connectivity index (χ0n) is 22.7. The molecule has 0 saturated carbocycles. The van der Waals surface area contributed by atoms with Crippen LogP contribution >= 0.6 is 0 Å². The minimum Gasteiger partial charge on any atom is -0.466 e. The van der Waals surface area contributed by atoms with Crippen molar-refractivity contribution in [2.75, 3.05) is 36.6 Å². The van der Waals surface area contributed by atoms with Crippen molar-refractivity contribution in [1.29, 1.82) is 0 Å². The van der Waals surface area contributed by atoms with Gasteiger partial charge < -0.3 is 31.2 Å². The molecular formula is C27H35N7O5. The lowest BCUT2D eigenvalue weighted by molar-refractivity contribution is -0.146. The van der Waals surface area contributed by atoms with Crippen LogP contribution in [0.2, 0.25) is 0 Å². The second kappa shape index (κ2) is 13.4. The molecule has 39 heavy (non-hydrogen) atoms. The van der Waals surface area contributed by atoms with E-state index in [0.29, 0.717) is 35.4 Å². The van der Waals surface area contributed by atoms with Gasteiger partial charge in [0.25, 0.3) is 5.91 Å². The lowest BCUT2D eigenvalue weighted by Crippen LogP contribution is -2.42. The molecule has 0 aliphatic carbocycles. The van der Waals surface area contributed by atoms with Crippen molar-refractivity contribution in [2.24, 2.45) is 0 Å². The van der Waals surface area contributed by atoms with E-state index in [-0.39, 0.29) is 32.0 Å². The fourth-order valence-corrected chi connectivity index (χ4v) is 4.23. The summed E-state index contributed by atoms with van der Waals surface area (Å²) < 4.78 is 9.98. The Morgan fingerprint density at radius 3 is 2.36 bits per heavy atom. The average molecular weight is 538 g/mol. The van der Waals surface area contributed by atoms with Crippen LogP contribution in [0, 0.1) is 0 Å². The van der Waals surface area contributed by atoms with E-state index < -0.39 is 23.9 Å². The number of esters is 2. The standard InChI is InChI=1S/C27H35N7O5/c1-5-19-17(14-30-24-22(19)23(28)32-27(29)33-24)15-34(4)18-10-8-16(9-11-18)25(36)31-20(26(37)39-7-3)12-13-21(35)38-6-2/h8-11,14,20H,5-7,12-13,15H2,1-4H3,(H,31,36)(H4,28,29,30,32,33)/t20-/m0/s1. The van der Waals surface area contributed by atoms with E-state index in [9.17, 15) is 14.4 Å². The first kappa shape index (κ1) is 29.1. The number of nitrogen functional groups attached to an aromatic ring is 2. The van der Waals surface area contributed by atoms with E-state index in [4.69, 9.17) is 20.9 Å². The summed E-state index contributed by atoms with van der Waals surface area (Å²) in [5.41, 5.74) is 15.5. The highest BCUT2D eigenvalue weighted by molar-refractivity contribution is 5.97. The molecular weight excluding hydrogens is 502 g/mol. The number of anilines is 3. The van der Waals surface area contributed by atoms with Gasteiger partial charge in [-0.05, 0) is 62.1 Å². The molecule has 5 N–H and O–H groups in total. The van der Waals surface area contributed by atoms with Gasteiger partial charge in [-0.25, -0.2) is 9.78 Å². The molecule has 1 amide bonds. The predicted molar refractivity (Wildman–Crippen MR) is 148 cm³/mol. The van der Waals surface area contributed by atoms with Crippen LogP contribution in [0.15, 0.2) is 30.5 Å². The maximum Gasteiger partial charge on any atom is 0.328 e. The Kier molecular flexibility index (Phi) is 9.96. The molecule has 1 aromatic carbocycles. The molecule has 0 bridgehead atoms. The first-order valence-corrected chi connectivity index (χ1v) is 12.8. The molecule has 0 radical (unpaired) electrons. The maximum atomic E-state index is 12.9. The number of benzene rings is 1. The van der Waals surface area contributed by atoms with Gasteiger partial charge >= 0.3 is 11.9 Å². The Hall–Kier alpha value is -4.48. The minimum absolute atomic E-state index is 0.0180. The Morgan fingerprint density at radius 1 is 1.03 bits per heavy atom. The number of aryl methyl sites for hydroxylation is 1. The van der Waals surface area contributed by atoms with Crippen molar-refractivity contribution in [3.05, 3.63) is 47.2 Å². The second-order valence-electron chi connectivity index (χ2n) is 8.81. The van der Waals surface area contributed by atoms with E-state index in [1.807, 2.05) is 31.0 Å². The van der Waals surface area contributed by atoms with Gasteiger partial charge in [0.2, 0.25) is 5.95 Å². The molecule has 0 saturated heterocycles. The van der Waals surface area contributed by atoms with Crippen LogP contribution < -0.4 is 21.7 Å². The molecule has 2 heterocycles. The molecule has 3 aromatic rings. The lowest BCUT2D eigenvalue weighted by Gasteiger charge is -2.22. The number of hydrogen-bond acceptors (Lipinski definition) is 11. The smallest absolute Gasteiger partial charge is 0.328 e. The number of nitrogens with zero attached hydrogens (tertiary/aromatic N) is 4. The van der Waals surface area contributed by atoms with Crippen LogP contribution in [-0.4, -0.2) is 59.1 Å². The number of nitrogens with one attached hydrogen (secondary N) is 1. The SMILES string of the molecule is CCOC(=O)CC[C@H](NC(=O)c1ccc(N(C)Cc2cnc3nc(N)nc(N)c3c2CC)cc1)C(=O)OCC. The van der Waals surface area contributed by atoms with Crippen LogP contribution in [0.4, 0.5) is 17.5 Å². The van der Waals surface area contributed by atoms with Crippen molar-refractivity contribution < 1.29 is 23.9 Å². The third kappa shape index (κ3) is 7.30. The molecule has 1 atom stereocenters. The summed E-state index contributed by atoms with van der Waals surface area (Å²) in [7, 11) is 1.92. The van der Waals surface area contributed by atoms with Crippen molar-refractivity contribution in [3.63, 3.8) is 0 Å². The van der Waals surface area contributed by atoms with Gasteiger partial charge in [0.05, 0.1) is 18.6 Å². The number of nitrogens with two attached hydrogens (primary N) is 2. The van der Waals surface area contributed by atoms with E-state index in [1.54, 1.807) is 32.2 Å². The number of hydrogen-bond donors (Lipinski definition) is 3. The van der Waals surface area contributed by atoms with Gasteiger partial charge in [0, 0.05) is 37.5 Å². The summed E-state index contributed by atoms with van der Waals surface area (Å²) in [6.45, 7) is 6.33. The van der Waals surface area contributed by atoms with Crippen LogP contribution in [0.25, 0.3) is 11.0 Å². The Labute approximate surface area is 227 Å². The summed E-state index contributed by atoms with van der Waals surface area (Å²) in [6, 6.07) is 5.99. The van der Waals surface area contributed by atoms with E-state index in [2.05, 4.69) is 20.3 Å². The molecule has 12 nitrogen and oxygen atoms in total. The monoisotopic (exact) mass is 537 g/mol. The number of aromatic nitrogens is 3. The number of ether oxygens (including phenoxy) is 2. The fourth-order valence-electron chi connectivity index (χ4n) is 4.23. The van der Waals surface area contributed by atoms with E-state index >= 15 is 0 Å². The summed E-state index contributed by atoms with van der Waals surface area (Å²) in [4.78, 5) is 51.7. The summed E-state index contributed by atoms with van der Waals surface area (Å²) >= 11 is 0. The molecule has 0 aliphatic heterocycles. The molecule has 0 unspecified atom stereocenters. The minimum atomic E-state index is -0.969. The molecule has 0 fully saturated rings. The highest BCUT2D eigenvalue weighted by atomic mass is 16.5. The number of rotatable bonds is 12. The predicted octanol–water partition coefficient (Wildman–Crippen LogP) is 2.39. The summed E-state index contributed by atoms with van der Waals surface area (Å²) in [5, 5.41) is 3.37. The summed E-state index contributed by atoms with van der Waals surface area (Å²) in [6.07, 6.45) is 2.52. The number of fused-ring (bicyclic) bond motifs is 1. The molecule has 3 rings (SSSR count). The largest absolute Gasteiger partial charge is 0.466 e. The molecule has 0 spiro atoms. The van der Waals surface area contributed by atoms with Gasteiger partial charge in [-0.15, -0.1) is 0 Å². The summed E-state index contributed by atoms with van der Waals surface area (Å²) in [5.74, 6) is -1.12. The number of carbonyl (C=O) groups excluding carboxylic acids is 3. The van der Waals surface area contributed by atoms with Gasteiger partial charge in [0.1, 0.15) is 11.9 Å². The fraction of sp³-hybridized carbons (Fsp3) is 0.407. The van der Waals surface area contributed by atoms with Crippen molar-refractivity contribution in [2.45, 2.75) is 52.6 Å². The number of pyridine rings is 1. The van der Waals surface area contributed by atoms with Crippen molar-refractivity contribution in [1.82, 2.24) is 20.3 Å². The first-order chi connectivity index (χ1) is 18.7. The third-order valence-electron chi connectivity index (χ3n) is 6.12. The zero-order valence-corrected chi connectivity index (χ0v) is 22.7. The lowest BCUT2D eigenvalue weighted by atomic mass is 10.0. The van der Waals surface area contributed by atoms with Crippen LogP contribution in [-0.2, 0) is 32.0 Å². The van der Waals surface area contributed by atoms with E-state index in [1.165, 1.54) is 0 Å². The van der Waals surface area contributed by atoms with Gasteiger partial charge in [-0.3, -0.25) is 9.59 Å². The van der Waals surface area contributed by atoms with Crippen LogP contribution in [0.1, 0.15) is 55.1 Å². The van der Waals surface area contributed by atoms with Gasteiger partial charge in [0.15, 0.2) is 5.65 Å². The topological polar surface area (TPSA) is 176 Å². The third-order valence-corrected chi connectivity index (χ3v) is 6.12. The maximum absolute atomic E-state index is 12.9. The highest BCUT2D eigenvalue weighted by Crippen LogP contribution is 2.27.